The zero-order valence-corrected chi connectivity index (χ0v) is 35.1. The standard InChI is InChI=1S/C44H77N2O6P/c1-6-8-10-12-14-16-17-18-19-20-21-22-23-24-25-26-27-28-29-30-32-34-36-38-44(48)45-42(41-52-53(49,50)51-40-39-46(3,4)5)43(47)37-35-33-31-15-13-11-9-7-2/h8,10,13-16,18-19,21-22,24-25,35,37,42-43,47H,6-7,9,11-12,17,20,23,26-34,36,38-41H2,1-5H3,(H-,45,48,49,50)/b10-8-,15-13+,16-14-,19-18-,22-21-,25-24-,37-35+. The van der Waals surface area contributed by atoms with Gasteiger partial charge in [-0.2, -0.15) is 0 Å². The summed E-state index contributed by atoms with van der Waals surface area (Å²) in [5.41, 5.74) is 0. The van der Waals surface area contributed by atoms with E-state index in [-0.39, 0.29) is 12.5 Å². The highest BCUT2D eigenvalue weighted by molar-refractivity contribution is 7.45. The van der Waals surface area contributed by atoms with E-state index in [2.05, 4.69) is 92.1 Å². The monoisotopic (exact) mass is 761 g/mol. The Morgan fingerprint density at radius 2 is 1.17 bits per heavy atom. The van der Waals surface area contributed by atoms with Crippen molar-refractivity contribution in [3.05, 3.63) is 85.1 Å². The molecule has 3 unspecified atom stereocenters. The summed E-state index contributed by atoms with van der Waals surface area (Å²) in [6, 6.07) is -0.911. The van der Waals surface area contributed by atoms with Gasteiger partial charge in [0.1, 0.15) is 13.2 Å². The Bertz CT molecular complexity index is 1140. The summed E-state index contributed by atoms with van der Waals surface area (Å²) < 4.78 is 23.0. The fraction of sp³-hybridized carbons (Fsp3) is 0.659. The van der Waals surface area contributed by atoms with E-state index in [0.717, 1.165) is 89.9 Å². The summed E-state index contributed by atoms with van der Waals surface area (Å²) in [5.74, 6) is -0.228. The molecule has 0 radical (unpaired) electrons. The van der Waals surface area contributed by atoms with Crippen LogP contribution in [0.1, 0.15) is 136 Å². The number of aliphatic hydroxyl groups excluding tert-OH is 1. The fourth-order valence-corrected chi connectivity index (χ4v) is 5.78. The number of carbonyl (C=O) groups is 1. The Labute approximate surface area is 325 Å². The number of nitrogens with one attached hydrogen (secondary N) is 1. The number of carbonyl (C=O) groups excluding carboxylic acids is 1. The number of hydrogen-bond donors (Lipinski definition) is 2. The highest BCUT2D eigenvalue weighted by Crippen LogP contribution is 2.38. The third kappa shape index (κ3) is 37.8. The molecule has 0 aliphatic carbocycles. The SMILES string of the molecule is CC/C=C\C/C=C\C/C=C\C/C=C\C/C=C\CCCCCCCCCC(=O)NC(COP(=O)([O-])OCC[N+](C)(C)C)C(O)/C=C/CC/C=C/CCCC. The van der Waals surface area contributed by atoms with Gasteiger partial charge in [-0.05, 0) is 70.6 Å². The molecule has 0 aromatic carbocycles. The number of allylic oxidation sites excluding steroid dienone is 13. The Morgan fingerprint density at radius 1 is 0.679 bits per heavy atom. The van der Waals surface area contributed by atoms with E-state index in [9.17, 15) is 19.4 Å². The van der Waals surface area contributed by atoms with Gasteiger partial charge in [0.2, 0.25) is 5.91 Å². The molecule has 0 aromatic heterocycles. The van der Waals surface area contributed by atoms with E-state index < -0.39 is 26.6 Å². The highest BCUT2D eigenvalue weighted by atomic mass is 31.2. The van der Waals surface area contributed by atoms with E-state index in [4.69, 9.17) is 9.05 Å². The van der Waals surface area contributed by atoms with Crippen molar-refractivity contribution >= 4 is 13.7 Å². The first-order chi connectivity index (χ1) is 25.5. The number of hydrogen-bond acceptors (Lipinski definition) is 6. The number of phosphoric acid groups is 1. The number of quaternary nitrogens is 1. The van der Waals surface area contributed by atoms with Gasteiger partial charge in [0, 0.05) is 6.42 Å². The predicted molar refractivity (Wildman–Crippen MR) is 223 cm³/mol. The van der Waals surface area contributed by atoms with Gasteiger partial charge in [-0.15, -0.1) is 0 Å². The van der Waals surface area contributed by atoms with Crippen LogP contribution in [-0.2, 0) is 18.4 Å². The summed E-state index contributed by atoms with van der Waals surface area (Å²) in [6.45, 7) is 4.38. The summed E-state index contributed by atoms with van der Waals surface area (Å²) in [4.78, 5) is 25.1. The number of rotatable bonds is 35. The molecule has 304 valence electrons. The first-order valence-electron chi connectivity index (χ1n) is 20.4. The molecule has 3 atom stereocenters. The summed E-state index contributed by atoms with van der Waals surface area (Å²) in [7, 11) is 1.21. The van der Waals surface area contributed by atoms with E-state index >= 15 is 0 Å². The van der Waals surface area contributed by atoms with Crippen molar-refractivity contribution < 1.29 is 32.9 Å². The summed E-state index contributed by atoms with van der Waals surface area (Å²) in [5, 5.41) is 13.6. The van der Waals surface area contributed by atoms with Crippen molar-refractivity contribution in [2.75, 3.05) is 40.9 Å². The van der Waals surface area contributed by atoms with Crippen LogP contribution < -0.4 is 10.2 Å². The van der Waals surface area contributed by atoms with Crippen LogP contribution in [0.2, 0.25) is 0 Å². The lowest BCUT2D eigenvalue weighted by Crippen LogP contribution is -2.45. The van der Waals surface area contributed by atoms with Crippen molar-refractivity contribution in [2.24, 2.45) is 0 Å². The van der Waals surface area contributed by atoms with Crippen molar-refractivity contribution in [3.8, 4) is 0 Å². The van der Waals surface area contributed by atoms with Gasteiger partial charge in [-0.3, -0.25) is 9.36 Å². The molecular formula is C44H77N2O6P. The maximum absolute atomic E-state index is 12.8. The largest absolute Gasteiger partial charge is 0.756 e. The van der Waals surface area contributed by atoms with E-state index in [1.807, 2.05) is 27.2 Å². The number of nitrogens with zero attached hydrogens (tertiary/aromatic N) is 1. The normalized spacial score (nSPS) is 15.4. The molecule has 9 heteroatoms. The molecule has 1 amide bonds. The fourth-order valence-electron chi connectivity index (χ4n) is 5.06. The van der Waals surface area contributed by atoms with Crippen LogP contribution in [0.5, 0.6) is 0 Å². The molecule has 0 saturated heterocycles. The van der Waals surface area contributed by atoms with Crippen molar-refractivity contribution in [3.63, 3.8) is 0 Å². The molecule has 2 N–H and O–H groups in total. The minimum Gasteiger partial charge on any atom is -0.756 e. The number of amides is 1. The molecule has 0 fully saturated rings. The third-order valence-corrected chi connectivity index (χ3v) is 9.30. The maximum Gasteiger partial charge on any atom is 0.268 e. The van der Waals surface area contributed by atoms with E-state index in [1.165, 1.54) is 25.7 Å². The molecule has 0 spiro atoms. The second kappa shape index (κ2) is 35.4. The zero-order valence-electron chi connectivity index (χ0n) is 34.2. The molecule has 0 aromatic rings. The van der Waals surface area contributed by atoms with Crippen LogP contribution in [-0.4, -0.2) is 68.5 Å². The Balaban J connectivity index is 4.34. The van der Waals surface area contributed by atoms with Gasteiger partial charge >= 0.3 is 0 Å². The lowest BCUT2D eigenvalue weighted by atomic mass is 10.1. The highest BCUT2D eigenvalue weighted by Gasteiger charge is 2.23. The summed E-state index contributed by atoms with van der Waals surface area (Å²) in [6.07, 6.45) is 47.9. The molecule has 0 aliphatic rings. The molecule has 0 aliphatic heterocycles. The first-order valence-corrected chi connectivity index (χ1v) is 21.9. The van der Waals surface area contributed by atoms with Gasteiger partial charge in [0.15, 0.2) is 0 Å². The van der Waals surface area contributed by atoms with Crippen LogP contribution >= 0.6 is 7.82 Å². The van der Waals surface area contributed by atoms with Gasteiger partial charge in [0.25, 0.3) is 7.82 Å². The molecule has 0 bridgehead atoms. The van der Waals surface area contributed by atoms with Crippen LogP contribution in [0.15, 0.2) is 85.1 Å². The lowest BCUT2D eigenvalue weighted by molar-refractivity contribution is -0.870. The second-order valence-corrected chi connectivity index (χ2v) is 16.0. The average Bonchev–Trinajstić information content (AvgIpc) is 3.10. The van der Waals surface area contributed by atoms with E-state index in [1.54, 1.807) is 6.08 Å². The second-order valence-electron chi connectivity index (χ2n) is 14.6. The molecular weight excluding hydrogens is 683 g/mol. The molecule has 0 rings (SSSR count). The number of phosphoric ester groups is 1. The first kappa shape index (κ1) is 50.7. The number of likely N-dealkylation sites (N-methyl/N-ethyl adjacent to an activating group) is 1. The zero-order chi connectivity index (χ0) is 39.3. The van der Waals surface area contributed by atoms with Crippen LogP contribution in [0.25, 0.3) is 0 Å². The van der Waals surface area contributed by atoms with Gasteiger partial charge in [-0.1, -0.05) is 144 Å². The van der Waals surface area contributed by atoms with Crippen molar-refractivity contribution in [1.82, 2.24) is 5.32 Å². The van der Waals surface area contributed by atoms with Crippen molar-refractivity contribution in [1.29, 1.82) is 0 Å². The van der Waals surface area contributed by atoms with Crippen LogP contribution in [0, 0.1) is 0 Å². The van der Waals surface area contributed by atoms with Gasteiger partial charge in [0.05, 0.1) is 39.9 Å². The molecule has 0 heterocycles. The average molecular weight is 761 g/mol. The molecule has 8 nitrogen and oxygen atoms in total. The minimum atomic E-state index is -4.59. The Morgan fingerprint density at radius 3 is 1.75 bits per heavy atom. The topological polar surface area (TPSA) is 108 Å². The van der Waals surface area contributed by atoms with Gasteiger partial charge in [-0.25, -0.2) is 0 Å². The van der Waals surface area contributed by atoms with Crippen LogP contribution in [0.3, 0.4) is 0 Å². The maximum atomic E-state index is 12.8. The predicted octanol–water partition coefficient (Wildman–Crippen LogP) is 10.4. The molecule has 0 saturated carbocycles. The third-order valence-electron chi connectivity index (χ3n) is 8.34. The van der Waals surface area contributed by atoms with Gasteiger partial charge < -0.3 is 28.8 Å². The smallest absolute Gasteiger partial charge is 0.268 e. The summed E-state index contributed by atoms with van der Waals surface area (Å²) >= 11 is 0. The molecule has 53 heavy (non-hydrogen) atoms. The number of unbranched alkanes of at least 4 members (excludes halogenated alkanes) is 10. The van der Waals surface area contributed by atoms with E-state index in [0.29, 0.717) is 17.4 Å². The number of aliphatic hydroxyl groups is 1. The Kier molecular flexibility index (Phi) is 33.8. The minimum absolute atomic E-state index is 0.0141. The Hall–Kier alpha value is -2.32. The lowest BCUT2D eigenvalue weighted by Gasteiger charge is -2.29. The van der Waals surface area contributed by atoms with Crippen LogP contribution in [0.4, 0.5) is 0 Å². The van der Waals surface area contributed by atoms with Crippen molar-refractivity contribution in [2.45, 2.75) is 148 Å². The quantitative estimate of drug-likeness (QED) is 0.0288.